The summed E-state index contributed by atoms with van der Waals surface area (Å²) in [7, 11) is 5.27. The number of hydrogen-bond donors (Lipinski definition) is 1. The Bertz CT molecular complexity index is 497. The van der Waals surface area contributed by atoms with E-state index in [2.05, 4.69) is 28.2 Å². The maximum atomic E-state index is 5.49. The standard InChI is InChI=1S/C14H17NO2S/c1-15-13(10-7-8-18-9-10)11-5-4-6-12(16-2)14(11)17-3/h4-9,13,15H,1-3H3. The Morgan fingerprint density at radius 3 is 2.56 bits per heavy atom. The molecule has 0 aliphatic heterocycles. The summed E-state index contributed by atoms with van der Waals surface area (Å²) in [6.45, 7) is 0. The smallest absolute Gasteiger partial charge is 0.165 e. The quantitative estimate of drug-likeness (QED) is 0.899. The van der Waals surface area contributed by atoms with Crippen LogP contribution in [0.1, 0.15) is 17.2 Å². The minimum Gasteiger partial charge on any atom is -0.493 e. The molecular weight excluding hydrogens is 246 g/mol. The van der Waals surface area contributed by atoms with Gasteiger partial charge in [0.1, 0.15) is 0 Å². The van der Waals surface area contributed by atoms with Crippen molar-refractivity contribution in [1.29, 1.82) is 0 Å². The van der Waals surface area contributed by atoms with Crippen LogP contribution in [0.15, 0.2) is 35.0 Å². The average Bonchev–Trinajstić information content (AvgIpc) is 2.93. The summed E-state index contributed by atoms with van der Waals surface area (Å²) in [5, 5.41) is 7.53. The minimum absolute atomic E-state index is 0.112. The van der Waals surface area contributed by atoms with Crippen molar-refractivity contribution in [1.82, 2.24) is 5.32 Å². The van der Waals surface area contributed by atoms with E-state index in [1.54, 1.807) is 25.6 Å². The van der Waals surface area contributed by atoms with Crippen LogP contribution in [0.5, 0.6) is 11.5 Å². The van der Waals surface area contributed by atoms with E-state index in [0.29, 0.717) is 0 Å². The van der Waals surface area contributed by atoms with Gasteiger partial charge in [-0.2, -0.15) is 11.3 Å². The van der Waals surface area contributed by atoms with Crippen molar-refractivity contribution in [2.45, 2.75) is 6.04 Å². The summed E-state index contributed by atoms with van der Waals surface area (Å²) in [5.74, 6) is 1.54. The first-order valence-corrected chi connectivity index (χ1v) is 6.66. The Hall–Kier alpha value is -1.52. The summed E-state index contributed by atoms with van der Waals surface area (Å²) in [6, 6.07) is 8.17. The topological polar surface area (TPSA) is 30.5 Å². The van der Waals surface area contributed by atoms with Crippen molar-refractivity contribution in [2.75, 3.05) is 21.3 Å². The van der Waals surface area contributed by atoms with E-state index in [0.717, 1.165) is 17.1 Å². The van der Waals surface area contributed by atoms with Gasteiger partial charge in [-0.3, -0.25) is 0 Å². The van der Waals surface area contributed by atoms with E-state index in [-0.39, 0.29) is 6.04 Å². The van der Waals surface area contributed by atoms with Crippen LogP contribution in [0.3, 0.4) is 0 Å². The molecule has 96 valence electrons. The van der Waals surface area contributed by atoms with Crippen LogP contribution in [-0.4, -0.2) is 21.3 Å². The first-order chi connectivity index (χ1) is 8.81. The number of hydrogen-bond acceptors (Lipinski definition) is 4. The first-order valence-electron chi connectivity index (χ1n) is 5.72. The second kappa shape index (κ2) is 5.89. The number of nitrogens with one attached hydrogen (secondary N) is 1. The molecule has 1 N–H and O–H groups in total. The van der Waals surface area contributed by atoms with Gasteiger partial charge in [-0.25, -0.2) is 0 Å². The predicted octanol–water partition coefficient (Wildman–Crippen LogP) is 3.07. The third-order valence-corrected chi connectivity index (χ3v) is 3.61. The summed E-state index contributed by atoms with van der Waals surface area (Å²) in [4.78, 5) is 0. The zero-order chi connectivity index (χ0) is 13.0. The van der Waals surface area contributed by atoms with Crippen molar-refractivity contribution in [2.24, 2.45) is 0 Å². The second-order valence-electron chi connectivity index (χ2n) is 3.86. The Morgan fingerprint density at radius 1 is 1.17 bits per heavy atom. The number of benzene rings is 1. The summed E-state index contributed by atoms with van der Waals surface area (Å²) < 4.78 is 10.8. The van der Waals surface area contributed by atoms with Crippen LogP contribution >= 0.6 is 11.3 Å². The van der Waals surface area contributed by atoms with Crippen molar-refractivity contribution in [3.8, 4) is 11.5 Å². The van der Waals surface area contributed by atoms with Crippen molar-refractivity contribution >= 4 is 11.3 Å². The lowest BCUT2D eigenvalue weighted by atomic mass is 10.00. The maximum absolute atomic E-state index is 5.49. The van der Waals surface area contributed by atoms with Crippen molar-refractivity contribution in [3.63, 3.8) is 0 Å². The molecule has 0 saturated carbocycles. The second-order valence-corrected chi connectivity index (χ2v) is 4.64. The van der Waals surface area contributed by atoms with Crippen LogP contribution in [0.25, 0.3) is 0 Å². The van der Waals surface area contributed by atoms with Gasteiger partial charge in [0.05, 0.1) is 20.3 Å². The van der Waals surface area contributed by atoms with Crippen LogP contribution in [0.4, 0.5) is 0 Å². The summed E-state index contributed by atoms with van der Waals surface area (Å²) >= 11 is 1.69. The molecule has 1 aromatic carbocycles. The monoisotopic (exact) mass is 263 g/mol. The molecule has 18 heavy (non-hydrogen) atoms. The lowest BCUT2D eigenvalue weighted by molar-refractivity contribution is 0.349. The molecular formula is C14H17NO2S. The molecule has 0 saturated heterocycles. The van der Waals surface area contributed by atoms with Gasteiger partial charge in [0, 0.05) is 5.56 Å². The molecule has 0 bridgehead atoms. The molecule has 1 aromatic heterocycles. The number of thiophene rings is 1. The molecule has 0 radical (unpaired) electrons. The molecule has 0 aliphatic rings. The normalized spacial score (nSPS) is 12.2. The SMILES string of the molecule is CNC(c1ccsc1)c1cccc(OC)c1OC. The highest BCUT2D eigenvalue weighted by molar-refractivity contribution is 7.08. The highest BCUT2D eigenvalue weighted by Crippen LogP contribution is 2.37. The Morgan fingerprint density at radius 2 is 2.00 bits per heavy atom. The van der Waals surface area contributed by atoms with Crippen molar-refractivity contribution < 1.29 is 9.47 Å². The fourth-order valence-corrected chi connectivity index (χ4v) is 2.77. The van der Waals surface area contributed by atoms with Gasteiger partial charge >= 0.3 is 0 Å². The fraction of sp³-hybridized carbons (Fsp3) is 0.286. The highest BCUT2D eigenvalue weighted by Gasteiger charge is 2.19. The lowest BCUT2D eigenvalue weighted by Gasteiger charge is -2.20. The van der Waals surface area contributed by atoms with Gasteiger partial charge in [-0.15, -0.1) is 0 Å². The third-order valence-electron chi connectivity index (χ3n) is 2.91. The molecule has 2 rings (SSSR count). The molecule has 1 heterocycles. The molecule has 0 aliphatic carbocycles. The largest absolute Gasteiger partial charge is 0.493 e. The van der Waals surface area contributed by atoms with Crippen LogP contribution in [0, 0.1) is 0 Å². The van der Waals surface area contributed by atoms with E-state index in [1.807, 2.05) is 19.2 Å². The third kappa shape index (κ3) is 2.35. The Balaban J connectivity index is 2.48. The van der Waals surface area contributed by atoms with Crippen molar-refractivity contribution in [3.05, 3.63) is 46.2 Å². The molecule has 4 heteroatoms. The van der Waals surface area contributed by atoms with Crippen LogP contribution in [0.2, 0.25) is 0 Å². The number of rotatable bonds is 5. The van der Waals surface area contributed by atoms with Gasteiger partial charge in [-0.05, 0) is 35.5 Å². The lowest BCUT2D eigenvalue weighted by Crippen LogP contribution is -2.18. The predicted molar refractivity (Wildman–Crippen MR) is 74.8 cm³/mol. The van der Waals surface area contributed by atoms with Gasteiger partial charge in [-0.1, -0.05) is 12.1 Å². The number of ether oxygens (including phenoxy) is 2. The number of para-hydroxylation sites is 1. The average molecular weight is 263 g/mol. The fourth-order valence-electron chi connectivity index (χ4n) is 2.08. The number of methoxy groups -OCH3 is 2. The molecule has 0 fully saturated rings. The Kier molecular flexibility index (Phi) is 4.23. The maximum Gasteiger partial charge on any atom is 0.165 e. The van der Waals surface area contributed by atoms with Gasteiger partial charge < -0.3 is 14.8 Å². The first kappa shape index (κ1) is 12.9. The summed E-state index contributed by atoms with van der Waals surface area (Å²) in [6.07, 6.45) is 0. The minimum atomic E-state index is 0.112. The van der Waals surface area contributed by atoms with E-state index in [9.17, 15) is 0 Å². The molecule has 1 unspecified atom stereocenters. The summed E-state index contributed by atoms with van der Waals surface area (Å²) in [5.41, 5.74) is 2.31. The zero-order valence-corrected chi connectivity index (χ0v) is 11.6. The van der Waals surface area contributed by atoms with Gasteiger partial charge in [0.15, 0.2) is 11.5 Å². The molecule has 0 spiro atoms. The molecule has 0 amide bonds. The van der Waals surface area contributed by atoms with Crippen LogP contribution in [-0.2, 0) is 0 Å². The molecule has 2 aromatic rings. The van der Waals surface area contributed by atoms with E-state index < -0.39 is 0 Å². The molecule has 1 atom stereocenters. The zero-order valence-electron chi connectivity index (χ0n) is 10.8. The van der Waals surface area contributed by atoms with Gasteiger partial charge in [0.2, 0.25) is 0 Å². The van der Waals surface area contributed by atoms with E-state index in [1.165, 1.54) is 5.56 Å². The van der Waals surface area contributed by atoms with Gasteiger partial charge in [0.25, 0.3) is 0 Å². The van der Waals surface area contributed by atoms with E-state index >= 15 is 0 Å². The van der Waals surface area contributed by atoms with E-state index in [4.69, 9.17) is 9.47 Å². The van der Waals surface area contributed by atoms with Crippen LogP contribution < -0.4 is 14.8 Å². The highest BCUT2D eigenvalue weighted by atomic mass is 32.1. The molecule has 3 nitrogen and oxygen atoms in total. The Labute approximate surface area is 111 Å².